The number of hydrogen-bond donors (Lipinski definition) is 0. The lowest BCUT2D eigenvalue weighted by Crippen LogP contribution is -2.15. The Balaban J connectivity index is 2.23. The van der Waals surface area contributed by atoms with Crippen molar-refractivity contribution < 1.29 is 14.1 Å². The number of aromatic nitrogens is 2. The minimum atomic E-state index is -0.498. The zero-order chi connectivity index (χ0) is 14.5. The molecule has 0 aliphatic carbocycles. The fourth-order valence-corrected chi connectivity index (χ4v) is 1.88. The molecule has 0 radical (unpaired) electrons. The minimum Gasteiger partial charge on any atom is -0.465 e. The Bertz CT molecular complexity index is 575. The third-order valence-corrected chi connectivity index (χ3v) is 3.03. The van der Waals surface area contributed by atoms with Crippen molar-refractivity contribution in [3.05, 3.63) is 35.7 Å². The molecule has 0 saturated carbocycles. The van der Waals surface area contributed by atoms with Crippen molar-refractivity contribution in [2.75, 3.05) is 6.61 Å². The van der Waals surface area contributed by atoms with Gasteiger partial charge in [0.1, 0.15) is 5.92 Å². The first-order valence-corrected chi connectivity index (χ1v) is 6.73. The van der Waals surface area contributed by atoms with Crippen LogP contribution in [0.1, 0.15) is 37.6 Å². The molecule has 106 valence electrons. The van der Waals surface area contributed by atoms with Crippen LogP contribution in [0.2, 0.25) is 0 Å². The van der Waals surface area contributed by atoms with Gasteiger partial charge in [-0.3, -0.25) is 4.79 Å². The van der Waals surface area contributed by atoms with Crippen molar-refractivity contribution in [3.63, 3.8) is 0 Å². The van der Waals surface area contributed by atoms with E-state index >= 15 is 0 Å². The number of aryl methyl sites for hydroxylation is 1. The van der Waals surface area contributed by atoms with Gasteiger partial charge in [-0.1, -0.05) is 41.9 Å². The topological polar surface area (TPSA) is 65.2 Å². The summed E-state index contributed by atoms with van der Waals surface area (Å²) in [6.45, 7) is 6.01. The number of esters is 1. The molecular formula is C15H18N2O3. The maximum atomic E-state index is 11.8. The molecule has 0 aliphatic rings. The highest BCUT2D eigenvalue weighted by Gasteiger charge is 2.26. The molecule has 0 spiro atoms. The molecule has 0 N–H and O–H groups in total. The molecule has 0 fully saturated rings. The molecule has 5 heteroatoms. The maximum Gasteiger partial charge on any atom is 0.318 e. The van der Waals surface area contributed by atoms with Gasteiger partial charge in [0.2, 0.25) is 11.7 Å². The van der Waals surface area contributed by atoms with Gasteiger partial charge < -0.3 is 9.26 Å². The van der Waals surface area contributed by atoms with Crippen molar-refractivity contribution in [3.8, 4) is 11.4 Å². The molecule has 0 amide bonds. The predicted octanol–water partition coefficient (Wildman–Crippen LogP) is 3.10. The highest BCUT2D eigenvalue weighted by molar-refractivity contribution is 5.76. The summed E-state index contributed by atoms with van der Waals surface area (Å²) in [5.41, 5.74) is 2.03. The first kappa shape index (κ1) is 14.2. The number of carbonyl (C=O) groups excluding carboxylic acids is 1. The van der Waals surface area contributed by atoms with Gasteiger partial charge >= 0.3 is 5.97 Å². The zero-order valence-electron chi connectivity index (χ0n) is 11.9. The number of nitrogens with zero attached hydrogens (tertiary/aromatic N) is 2. The quantitative estimate of drug-likeness (QED) is 0.784. The Morgan fingerprint density at radius 2 is 2.00 bits per heavy atom. The van der Waals surface area contributed by atoms with Crippen molar-refractivity contribution in [1.82, 2.24) is 10.1 Å². The van der Waals surface area contributed by atoms with Crippen molar-refractivity contribution >= 4 is 5.97 Å². The summed E-state index contributed by atoms with van der Waals surface area (Å²) in [4.78, 5) is 16.1. The standard InChI is InChI=1S/C15H18N2O3/c1-4-12(15(18)19-5-2)14-16-13(17-20-14)11-8-6-10(3)7-9-11/h6-9,12H,4-5H2,1-3H3. The summed E-state index contributed by atoms with van der Waals surface area (Å²) < 4.78 is 10.2. The lowest BCUT2D eigenvalue weighted by Gasteiger charge is -2.08. The normalized spacial score (nSPS) is 12.2. The van der Waals surface area contributed by atoms with Gasteiger partial charge in [-0.15, -0.1) is 0 Å². The van der Waals surface area contributed by atoms with Crippen LogP contribution < -0.4 is 0 Å². The first-order chi connectivity index (χ1) is 9.65. The van der Waals surface area contributed by atoms with Crippen molar-refractivity contribution in [2.45, 2.75) is 33.1 Å². The Morgan fingerprint density at radius 3 is 2.60 bits per heavy atom. The summed E-state index contributed by atoms with van der Waals surface area (Å²) in [5, 5.41) is 3.93. The van der Waals surface area contributed by atoms with Crippen LogP contribution in [0.3, 0.4) is 0 Å². The van der Waals surface area contributed by atoms with E-state index in [9.17, 15) is 4.79 Å². The average molecular weight is 274 g/mol. The Hall–Kier alpha value is -2.17. The molecular weight excluding hydrogens is 256 g/mol. The molecule has 2 aromatic rings. The SMILES string of the molecule is CCOC(=O)C(CC)c1nc(-c2ccc(C)cc2)no1. The average Bonchev–Trinajstić information content (AvgIpc) is 2.90. The second kappa shape index (κ2) is 6.32. The van der Waals surface area contributed by atoms with Crippen molar-refractivity contribution in [2.24, 2.45) is 0 Å². The van der Waals surface area contributed by atoms with E-state index in [4.69, 9.17) is 9.26 Å². The highest BCUT2D eigenvalue weighted by atomic mass is 16.5. The van der Waals surface area contributed by atoms with Gasteiger partial charge in [-0.25, -0.2) is 0 Å². The Kier molecular flexibility index (Phi) is 4.50. The highest BCUT2D eigenvalue weighted by Crippen LogP contribution is 2.23. The van der Waals surface area contributed by atoms with Crippen LogP contribution in [0.4, 0.5) is 0 Å². The van der Waals surface area contributed by atoms with Crippen molar-refractivity contribution in [1.29, 1.82) is 0 Å². The molecule has 0 aliphatic heterocycles. The number of benzene rings is 1. The smallest absolute Gasteiger partial charge is 0.318 e. The van der Waals surface area contributed by atoms with Crippen LogP contribution in [0.5, 0.6) is 0 Å². The van der Waals surface area contributed by atoms with E-state index in [1.807, 2.05) is 38.1 Å². The van der Waals surface area contributed by atoms with E-state index in [2.05, 4.69) is 10.1 Å². The third kappa shape index (κ3) is 3.04. The fraction of sp³-hybridized carbons (Fsp3) is 0.400. The van der Waals surface area contributed by atoms with Crippen LogP contribution in [0.15, 0.2) is 28.8 Å². The Morgan fingerprint density at radius 1 is 1.30 bits per heavy atom. The van der Waals surface area contributed by atoms with Gasteiger partial charge in [0.05, 0.1) is 6.61 Å². The molecule has 1 unspecified atom stereocenters. The molecule has 0 bridgehead atoms. The van der Waals surface area contributed by atoms with Crippen LogP contribution in [-0.4, -0.2) is 22.7 Å². The molecule has 20 heavy (non-hydrogen) atoms. The molecule has 2 rings (SSSR count). The van der Waals surface area contributed by atoms with E-state index in [-0.39, 0.29) is 5.97 Å². The number of ether oxygens (including phenoxy) is 1. The van der Waals surface area contributed by atoms with Crippen LogP contribution >= 0.6 is 0 Å². The van der Waals surface area contributed by atoms with Gasteiger partial charge in [-0.2, -0.15) is 4.98 Å². The lowest BCUT2D eigenvalue weighted by molar-refractivity contribution is -0.145. The molecule has 1 aromatic carbocycles. The van der Waals surface area contributed by atoms with Crippen LogP contribution in [0, 0.1) is 6.92 Å². The fourth-order valence-electron chi connectivity index (χ4n) is 1.88. The summed E-state index contributed by atoms with van der Waals surface area (Å²) in [5.74, 6) is -0.0278. The minimum absolute atomic E-state index is 0.307. The molecule has 1 aromatic heterocycles. The molecule has 1 heterocycles. The summed E-state index contributed by atoms with van der Waals surface area (Å²) in [6, 6.07) is 7.81. The van der Waals surface area contributed by atoms with Gasteiger partial charge in [0, 0.05) is 5.56 Å². The van der Waals surface area contributed by atoms with E-state index in [1.54, 1.807) is 6.92 Å². The number of hydrogen-bond acceptors (Lipinski definition) is 5. The Labute approximate surface area is 118 Å². The summed E-state index contributed by atoms with van der Waals surface area (Å²) >= 11 is 0. The maximum absolute atomic E-state index is 11.8. The van der Waals surface area contributed by atoms with Gasteiger partial charge in [0.15, 0.2) is 0 Å². The number of rotatable bonds is 5. The van der Waals surface area contributed by atoms with E-state index in [0.717, 1.165) is 11.1 Å². The second-order valence-electron chi connectivity index (χ2n) is 4.54. The molecule has 5 nitrogen and oxygen atoms in total. The van der Waals surface area contributed by atoms with Gasteiger partial charge in [0.25, 0.3) is 0 Å². The lowest BCUT2D eigenvalue weighted by atomic mass is 10.1. The largest absolute Gasteiger partial charge is 0.465 e. The second-order valence-corrected chi connectivity index (χ2v) is 4.54. The summed E-state index contributed by atoms with van der Waals surface area (Å²) in [6.07, 6.45) is 0.564. The monoisotopic (exact) mass is 274 g/mol. The van der Waals surface area contributed by atoms with E-state index < -0.39 is 5.92 Å². The van der Waals surface area contributed by atoms with E-state index in [0.29, 0.717) is 24.7 Å². The van der Waals surface area contributed by atoms with Crippen LogP contribution in [0.25, 0.3) is 11.4 Å². The van der Waals surface area contributed by atoms with E-state index in [1.165, 1.54) is 0 Å². The van der Waals surface area contributed by atoms with Crippen LogP contribution in [-0.2, 0) is 9.53 Å². The molecule has 1 atom stereocenters. The summed E-state index contributed by atoms with van der Waals surface area (Å²) in [7, 11) is 0. The third-order valence-electron chi connectivity index (χ3n) is 3.03. The predicted molar refractivity (Wildman–Crippen MR) is 74.1 cm³/mol. The zero-order valence-corrected chi connectivity index (χ0v) is 11.9. The van der Waals surface area contributed by atoms with Gasteiger partial charge in [-0.05, 0) is 20.3 Å². The first-order valence-electron chi connectivity index (χ1n) is 6.73. The molecule has 0 saturated heterocycles. The number of carbonyl (C=O) groups is 1.